The Kier molecular flexibility index (Phi) is 3.49. The molecule has 1 unspecified atom stereocenters. The molecule has 0 aliphatic rings. The van der Waals surface area contributed by atoms with Gasteiger partial charge in [0.1, 0.15) is 5.82 Å². The minimum Gasteiger partial charge on any atom is -0.347 e. The van der Waals surface area contributed by atoms with Crippen LogP contribution in [-0.2, 0) is 6.42 Å². The summed E-state index contributed by atoms with van der Waals surface area (Å²) >= 11 is 0. The predicted octanol–water partition coefficient (Wildman–Crippen LogP) is 2.19. The van der Waals surface area contributed by atoms with Gasteiger partial charge in [0.2, 0.25) is 0 Å². The lowest BCUT2D eigenvalue weighted by molar-refractivity contribution is 0.503. The van der Waals surface area contributed by atoms with Crippen molar-refractivity contribution < 1.29 is 8.78 Å². The molecule has 0 aliphatic carbocycles. The molecule has 0 saturated carbocycles. The summed E-state index contributed by atoms with van der Waals surface area (Å²) < 4.78 is 25.8. The molecule has 1 aromatic heterocycles. The maximum atomic E-state index is 13.1. The number of imidazole rings is 1. The number of aromatic amines is 1. The molecule has 3 nitrogen and oxygen atoms in total. The van der Waals surface area contributed by atoms with Gasteiger partial charge in [0, 0.05) is 12.4 Å². The monoisotopic (exact) mass is 237 g/mol. The van der Waals surface area contributed by atoms with Gasteiger partial charge in [0.25, 0.3) is 0 Å². The van der Waals surface area contributed by atoms with E-state index in [1.54, 1.807) is 25.5 Å². The van der Waals surface area contributed by atoms with Crippen LogP contribution in [0.15, 0.2) is 30.6 Å². The SMILES string of the molecule is CNC(Cc1ccc(F)c(F)c1)c1ncc[nH]1. The van der Waals surface area contributed by atoms with Crippen LogP contribution < -0.4 is 5.32 Å². The highest BCUT2D eigenvalue weighted by atomic mass is 19.2. The fourth-order valence-corrected chi connectivity index (χ4v) is 1.71. The van der Waals surface area contributed by atoms with Crippen LogP contribution in [0.4, 0.5) is 8.78 Å². The van der Waals surface area contributed by atoms with Crippen LogP contribution in [0.3, 0.4) is 0 Å². The Morgan fingerprint density at radius 1 is 1.35 bits per heavy atom. The first-order chi connectivity index (χ1) is 8.20. The summed E-state index contributed by atoms with van der Waals surface area (Å²) in [7, 11) is 1.80. The van der Waals surface area contributed by atoms with Gasteiger partial charge in [-0.3, -0.25) is 0 Å². The van der Waals surface area contributed by atoms with E-state index in [1.165, 1.54) is 6.07 Å². The first-order valence-corrected chi connectivity index (χ1v) is 5.31. The quantitative estimate of drug-likeness (QED) is 0.855. The van der Waals surface area contributed by atoms with Gasteiger partial charge in [-0.15, -0.1) is 0 Å². The first-order valence-electron chi connectivity index (χ1n) is 5.31. The first kappa shape index (κ1) is 11.7. The largest absolute Gasteiger partial charge is 0.347 e. The van der Waals surface area contributed by atoms with Crippen LogP contribution in [0.1, 0.15) is 17.4 Å². The van der Waals surface area contributed by atoms with Crippen molar-refractivity contribution in [3.05, 3.63) is 53.6 Å². The maximum absolute atomic E-state index is 13.1. The van der Waals surface area contributed by atoms with Crippen LogP contribution in [0.25, 0.3) is 0 Å². The molecule has 1 heterocycles. The molecule has 0 saturated heterocycles. The van der Waals surface area contributed by atoms with Crippen LogP contribution in [0.5, 0.6) is 0 Å². The smallest absolute Gasteiger partial charge is 0.159 e. The Morgan fingerprint density at radius 2 is 2.18 bits per heavy atom. The lowest BCUT2D eigenvalue weighted by Gasteiger charge is -2.13. The molecule has 0 aliphatic heterocycles. The van der Waals surface area contributed by atoms with Gasteiger partial charge in [0.15, 0.2) is 11.6 Å². The highest BCUT2D eigenvalue weighted by molar-refractivity contribution is 5.20. The Hall–Kier alpha value is -1.75. The number of nitrogens with zero attached hydrogens (tertiary/aromatic N) is 1. The van der Waals surface area contributed by atoms with Gasteiger partial charge in [-0.1, -0.05) is 6.07 Å². The van der Waals surface area contributed by atoms with E-state index in [2.05, 4.69) is 15.3 Å². The van der Waals surface area contributed by atoms with E-state index in [4.69, 9.17) is 0 Å². The fraction of sp³-hybridized carbons (Fsp3) is 0.250. The van der Waals surface area contributed by atoms with Crippen molar-refractivity contribution in [1.82, 2.24) is 15.3 Å². The van der Waals surface area contributed by atoms with Crippen molar-refractivity contribution in [2.45, 2.75) is 12.5 Å². The van der Waals surface area contributed by atoms with Crippen molar-refractivity contribution in [2.75, 3.05) is 7.05 Å². The topological polar surface area (TPSA) is 40.7 Å². The summed E-state index contributed by atoms with van der Waals surface area (Å²) in [5.74, 6) is -0.873. The van der Waals surface area contributed by atoms with Gasteiger partial charge in [0.05, 0.1) is 6.04 Å². The lowest BCUT2D eigenvalue weighted by atomic mass is 10.1. The van der Waals surface area contributed by atoms with Crippen LogP contribution in [-0.4, -0.2) is 17.0 Å². The van der Waals surface area contributed by atoms with Gasteiger partial charge in [-0.25, -0.2) is 13.8 Å². The van der Waals surface area contributed by atoms with E-state index in [0.717, 1.165) is 17.5 Å². The van der Waals surface area contributed by atoms with E-state index in [-0.39, 0.29) is 6.04 Å². The summed E-state index contributed by atoms with van der Waals surface area (Å²) in [6, 6.07) is 3.88. The second-order valence-corrected chi connectivity index (χ2v) is 3.77. The summed E-state index contributed by atoms with van der Waals surface area (Å²) in [6.07, 6.45) is 3.93. The molecule has 5 heteroatoms. The molecule has 0 spiro atoms. The normalized spacial score (nSPS) is 12.6. The zero-order chi connectivity index (χ0) is 12.3. The Labute approximate surface area is 97.9 Å². The number of likely N-dealkylation sites (N-methyl/N-ethyl adjacent to an activating group) is 1. The molecule has 2 N–H and O–H groups in total. The number of aromatic nitrogens is 2. The highest BCUT2D eigenvalue weighted by Gasteiger charge is 2.13. The minimum absolute atomic E-state index is 0.0464. The molecular weight excluding hydrogens is 224 g/mol. The summed E-state index contributed by atoms with van der Waals surface area (Å²) in [5.41, 5.74) is 0.722. The number of H-pyrrole nitrogens is 1. The summed E-state index contributed by atoms with van der Waals surface area (Å²) in [4.78, 5) is 7.13. The van der Waals surface area contributed by atoms with E-state index in [9.17, 15) is 8.78 Å². The zero-order valence-electron chi connectivity index (χ0n) is 9.37. The lowest BCUT2D eigenvalue weighted by Crippen LogP contribution is -2.20. The molecule has 90 valence electrons. The molecule has 2 rings (SSSR count). The van der Waals surface area contributed by atoms with E-state index in [0.29, 0.717) is 6.42 Å². The third kappa shape index (κ3) is 2.68. The number of hydrogen-bond donors (Lipinski definition) is 2. The minimum atomic E-state index is -0.826. The third-order valence-electron chi connectivity index (χ3n) is 2.62. The molecule has 17 heavy (non-hydrogen) atoms. The molecule has 0 fully saturated rings. The number of hydrogen-bond acceptors (Lipinski definition) is 2. The molecule has 1 aromatic carbocycles. The van der Waals surface area contributed by atoms with Crippen LogP contribution in [0.2, 0.25) is 0 Å². The van der Waals surface area contributed by atoms with E-state index < -0.39 is 11.6 Å². The Bertz CT molecular complexity index is 483. The van der Waals surface area contributed by atoms with E-state index in [1.807, 2.05) is 0 Å². The Morgan fingerprint density at radius 3 is 2.76 bits per heavy atom. The van der Waals surface area contributed by atoms with Crippen molar-refractivity contribution in [3.63, 3.8) is 0 Å². The fourth-order valence-electron chi connectivity index (χ4n) is 1.71. The van der Waals surface area contributed by atoms with Crippen molar-refractivity contribution in [1.29, 1.82) is 0 Å². The van der Waals surface area contributed by atoms with Gasteiger partial charge in [-0.05, 0) is 31.2 Å². The van der Waals surface area contributed by atoms with Gasteiger partial charge in [-0.2, -0.15) is 0 Å². The van der Waals surface area contributed by atoms with Gasteiger partial charge < -0.3 is 10.3 Å². The molecule has 0 amide bonds. The number of benzene rings is 1. The molecule has 2 aromatic rings. The number of rotatable bonds is 4. The predicted molar refractivity (Wildman–Crippen MR) is 60.5 cm³/mol. The number of halogens is 2. The van der Waals surface area contributed by atoms with E-state index >= 15 is 0 Å². The van der Waals surface area contributed by atoms with Crippen LogP contribution in [0, 0.1) is 11.6 Å². The zero-order valence-corrected chi connectivity index (χ0v) is 9.37. The van der Waals surface area contributed by atoms with Crippen LogP contribution >= 0.6 is 0 Å². The average Bonchev–Trinajstić information content (AvgIpc) is 2.84. The van der Waals surface area contributed by atoms with Crippen molar-refractivity contribution in [3.8, 4) is 0 Å². The maximum Gasteiger partial charge on any atom is 0.159 e. The standard InChI is InChI=1S/C12H13F2N3/c1-15-11(12-16-4-5-17-12)7-8-2-3-9(13)10(14)6-8/h2-6,11,15H,7H2,1H3,(H,16,17). The van der Waals surface area contributed by atoms with Crippen molar-refractivity contribution >= 4 is 0 Å². The second-order valence-electron chi connectivity index (χ2n) is 3.77. The Balaban J connectivity index is 2.16. The average molecular weight is 237 g/mol. The molecule has 0 radical (unpaired) electrons. The summed E-state index contributed by atoms with van der Waals surface area (Å²) in [5, 5.41) is 3.08. The second kappa shape index (κ2) is 5.05. The summed E-state index contributed by atoms with van der Waals surface area (Å²) in [6.45, 7) is 0. The number of nitrogens with one attached hydrogen (secondary N) is 2. The molecule has 1 atom stereocenters. The van der Waals surface area contributed by atoms with Gasteiger partial charge >= 0.3 is 0 Å². The molecule has 0 bridgehead atoms. The third-order valence-corrected chi connectivity index (χ3v) is 2.62. The highest BCUT2D eigenvalue weighted by Crippen LogP contribution is 2.16. The molecular formula is C12H13F2N3. The van der Waals surface area contributed by atoms with Crippen molar-refractivity contribution in [2.24, 2.45) is 0 Å².